The monoisotopic (exact) mass is 144 g/mol. The van der Waals surface area contributed by atoms with Crippen molar-refractivity contribution in [2.45, 2.75) is 20.0 Å². The first-order valence-corrected chi connectivity index (χ1v) is 3.19. The van der Waals surface area contributed by atoms with Crippen LogP contribution in [0.1, 0.15) is 13.8 Å². The normalized spacial score (nSPS) is 13.5. The van der Waals surface area contributed by atoms with E-state index in [0.717, 1.165) is 0 Å². The summed E-state index contributed by atoms with van der Waals surface area (Å²) in [4.78, 5) is 10.6. The quantitative estimate of drug-likeness (QED) is 0.463. The molecule has 0 heterocycles. The van der Waals surface area contributed by atoms with E-state index in [1.54, 1.807) is 19.9 Å². The minimum Gasteiger partial charge on any atom is -0.464 e. The fourth-order valence-electron chi connectivity index (χ4n) is 0.488. The summed E-state index contributed by atoms with van der Waals surface area (Å²) in [5.74, 6) is -0.597. The lowest BCUT2D eigenvalue weighted by Crippen LogP contribution is -2.20. The molecule has 0 saturated carbocycles. The van der Waals surface area contributed by atoms with E-state index >= 15 is 0 Å². The second-order valence-corrected chi connectivity index (χ2v) is 1.72. The standard InChI is InChI=1S/C7H12O3/c1-3-5-6(8)7(9)10-4-2/h3,5-6,8H,4H2,1-2H3/b5-3+. The minimum absolute atomic E-state index is 0.299. The summed E-state index contributed by atoms with van der Waals surface area (Å²) in [6.07, 6.45) is 1.87. The van der Waals surface area contributed by atoms with Gasteiger partial charge < -0.3 is 9.84 Å². The molecule has 0 amide bonds. The average Bonchev–Trinajstić information content (AvgIpc) is 1.89. The molecule has 1 unspecified atom stereocenters. The highest BCUT2D eigenvalue weighted by atomic mass is 16.5. The zero-order valence-corrected chi connectivity index (χ0v) is 6.20. The second kappa shape index (κ2) is 4.99. The van der Waals surface area contributed by atoms with Gasteiger partial charge in [0.25, 0.3) is 0 Å². The maximum atomic E-state index is 10.6. The van der Waals surface area contributed by atoms with Crippen molar-refractivity contribution < 1.29 is 14.6 Å². The van der Waals surface area contributed by atoms with Gasteiger partial charge in [-0.2, -0.15) is 0 Å². The Morgan fingerprint density at radius 3 is 2.80 bits per heavy atom. The first-order valence-electron chi connectivity index (χ1n) is 3.19. The van der Waals surface area contributed by atoms with Crippen molar-refractivity contribution in [2.75, 3.05) is 6.61 Å². The number of esters is 1. The van der Waals surface area contributed by atoms with E-state index in [1.165, 1.54) is 6.08 Å². The van der Waals surface area contributed by atoms with E-state index in [-0.39, 0.29) is 0 Å². The van der Waals surface area contributed by atoms with Crippen LogP contribution in [0.15, 0.2) is 12.2 Å². The van der Waals surface area contributed by atoms with Crippen molar-refractivity contribution in [1.29, 1.82) is 0 Å². The van der Waals surface area contributed by atoms with Crippen molar-refractivity contribution in [1.82, 2.24) is 0 Å². The molecule has 0 aliphatic carbocycles. The molecule has 0 aromatic rings. The second-order valence-electron chi connectivity index (χ2n) is 1.72. The fraction of sp³-hybridized carbons (Fsp3) is 0.571. The summed E-state index contributed by atoms with van der Waals surface area (Å²) >= 11 is 0. The Hall–Kier alpha value is -0.830. The van der Waals surface area contributed by atoms with E-state index in [4.69, 9.17) is 5.11 Å². The van der Waals surface area contributed by atoms with Crippen LogP contribution in [0.2, 0.25) is 0 Å². The number of ether oxygens (including phenoxy) is 1. The molecule has 0 saturated heterocycles. The Balaban J connectivity index is 3.70. The van der Waals surface area contributed by atoms with Gasteiger partial charge in [0.05, 0.1) is 6.61 Å². The van der Waals surface area contributed by atoms with Crippen molar-refractivity contribution in [3.63, 3.8) is 0 Å². The van der Waals surface area contributed by atoms with Crippen LogP contribution in [-0.2, 0) is 9.53 Å². The lowest BCUT2D eigenvalue weighted by Gasteiger charge is -2.03. The molecule has 0 rings (SSSR count). The number of aliphatic hydroxyl groups excluding tert-OH is 1. The molecular formula is C7H12O3. The summed E-state index contributed by atoms with van der Waals surface area (Å²) in [6, 6.07) is 0. The SMILES string of the molecule is C/C=C/C(O)C(=O)OCC. The van der Waals surface area contributed by atoms with Crippen LogP contribution in [0.25, 0.3) is 0 Å². The molecule has 10 heavy (non-hydrogen) atoms. The van der Waals surface area contributed by atoms with Gasteiger partial charge in [-0.1, -0.05) is 6.08 Å². The Morgan fingerprint density at radius 2 is 2.40 bits per heavy atom. The molecule has 0 radical (unpaired) electrons. The highest BCUT2D eigenvalue weighted by Gasteiger charge is 2.10. The van der Waals surface area contributed by atoms with E-state index in [2.05, 4.69) is 4.74 Å². The molecule has 3 nitrogen and oxygen atoms in total. The van der Waals surface area contributed by atoms with E-state index in [1.807, 2.05) is 0 Å². The van der Waals surface area contributed by atoms with Gasteiger partial charge in [-0.25, -0.2) is 4.79 Å². The molecule has 0 aliphatic heterocycles. The van der Waals surface area contributed by atoms with Gasteiger partial charge in [-0.15, -0.1) is 0 Å². The predicted octanol–water partition coefficient (Wildman–Crippen LogP) is 0.486. The molecular weight excluding hydrogens is 132 g/mol. The minimum atomic E-state index is -1.11. The van der Waals surface area contributed by atoms with Crippen LogP contribution in [0, 0.1) is 0 Å². The zero-order valence-electron chi connectivity index (χ0n) is 6.20. The van der Waals surface area contributed by atoms with Crippen LogP contribution in [0.3, 0.4) is 0 Å². The molecule has 1 atom stereocenters. The van der Waals surface area contributed by atoms with Gasteiger partial charge in [0.15, 0.2) is 6.10 Å². The van der Waals surface area contributed by atoms with Crippen molar-refractivity contribution in [2.24, 2.45) is 0 Å². The lowest BCUT2D eigenvalue weighted by atomic mass is 10.3. The van der Waals surface area contributed by atoms with Crippen LogP contribution >= 0.6 is 0 Å². The third-order valence-electron chi connectivity index (χ3n) is 0.903. The van der Waals surface area contributed by atoms with Gasteiger partial charge in [0.2, 0.25) is 0 Å². The number of carbonyl (C=O) groups excluding carboxylic acids is 1. The lowest BCUT2D eigenvalue weighted by molar-refractivity contribution is -0.150. The summed E-state index contributed by atoms with van der Waals surface area (Å²) in [6.45, 7) is 3.72. The van der Waals surface area contributed by atoms with Crippen molar-refractivity contribution in [3.8, 4) is 0 Å². The summed E-state index contributed by atoms with van der Waals surface area (Å²) in [5.41, 5.74) is 0. The van der Waals surface area contributed by atoms with E-state index in [0.29, 0.717) is 6.61 Å². The van der Waals surface area contributed by atoms with Crippen molar-refractivity contribution in [3.05, 3.63) is 12.2 Å². The summed E-state index contributed by atoms with van der Waals surface area (Å²) in [7, 11) is 0. The molecule has 0 spiro atoms. The molecule has 0 fully saturated rings. The molecule has 58 valence electrons. The van der Waals surface area contributed by atoms with Gasteiger partial charge in [0.1, 0.15) is 0 Å². The number of carbonyl (C=O) groups is 1. The maximum Gasteiger partial charge on any atom is 0.338 e. The first kappa shape index (κ1) is 9.17. The van der Waals surface area contributed by atoms with Gasteiger partial charge in [0, 0.05) is 0 Å². The Bertz CT molecular complexity index is 129. The molecule has 3 heteroatoms. The first-order chi connectivity index (χ1) is 4.72. The average molecular weight is 144 g/mol. The molecule has 0 aromatic carbocycles. The van der Waals surface area contributed by atoms with E-state index in [9.17, 15) is 4.79 Å². The third kappa shape index (κ3) is 3.25. The number of hydrogen-bond donors (Lipinski definition) is 1. The van der Waals surface area contributed by atoms with Gasteiger partial charge in [-0.05, 0) is 19.9 Å². The number of rotatable bonds is 3. The van der Waals surface area contributed by atoms with Crippen LogP contribution in [0.5, 0.6) is 0 Å². The number of allylic oxidation sites excluding steroid dienone is 1. The van der Waals surface area contributed by atoms with E-state index < -0.39 is 12.1 Å². The third-order valence-corrected chi connectivity index (χ3v) is 0.903. The number of aliphatic hydroxyl groups is 1. The van der Waals surface area contributed by atoms with Crippen molar-refractivity contribution >= 4 is 5.97 Å². The molecule has 0 bridgehead atoms. The highest BCUT2D eigenvalue weighted by molar-refractivity contribution is 5.76. The fourth-order valence-corrected chi connectivity index (χ4v) is 0.488. The molecule has 1 N–H and O–H groups in total. The Kier molecular flexibility index (Phi) is 4.58. The van der Waals surface area contributed by atoms with Gasteiger partial charge >= 0.3 is 5.97 Å². The predicted molar refractivity (Wildman–Crippen MR) is 37.5 cm³/mol. The smallest absolute Gasteiger partial charge is 0.338 e. The Morgan fingerprint density at radius 1 is 1.80 bits per heavy atom. The summed E-state index contributed by atoms with van der Waals surface area (Å²) in [5, 5.41) is 8.89. The largest absolute Gasteiger partial charge is 0.464 e. The van der Waals surface area contributed by atoms with Crippen LogP contribution in [0.4, 0.5) is 0 Å². The molecule has 0 aliphatic rings. The Labute approximate surface area is 60.3 Å². The molecule has 0 aromatic heterocycles. The van der Waals surface area contributed by atoms with Gasteiger partial charge in [-0.3, -0.25) is 0 Å². The highest BCUT2D eigenvalue weighted by Crippen LogP contribution is 1.89. The zero-order chi connectivity index (χ0) is 7.98. The maximum absolute atomic E-state index is 10.6. The van der Waals surface area contributed by atoms with Crippen LogP contribution in [-0.4, -0.2) is 23.8 Å². The topological polar surface area (TPSA) is 46.5 Å². The summed E-state index contributed by atoms with van der Waals surface area (Å²) < 4.78 is 4.52. The van der Waals surface area contributed by atoms with Crippen LogP contribution < -0.4 is 0 Å². The number of hydrogen-bond acceptors (Lipinski definition) is 3.